The van der Waals surface area contributed by atoms with E-state index in [1.807, 2.05) is 48.7 Å². The van der Waals surface area contributed by atoms with Crippen molar-refractivity contribution < 1.29 is 19.1 Å². The van der Waals surface area contributed by atoms with Gasteiger partial charge in [0.2, 0.25) is 0 Å². The average Bonchev–Trinajstić information content (AvgIpc) is 3.26. The lowest BCUT2D eigenvalue weighted by atomic mass is 9.71. The predicted octanol–water partition coefficient (Wildman–Crippen LogP) is 4.50. The summed E-state index contributed by atoms with van der Waals surface area (Å²) in [5.41, 5.74) is 3.17. The van der Waals surface area contributed by atoms with E-state index in [0.29, 0.717) is 24.1 Å². The Morgan fingerprint density at radius 3 is 2.62 bits per heavy atom. The molecule has 6 heteroatoms. The van der Waals surface area contributed by atoms with Crippen molar-refractivity contribution in [2.24, 2.45) is 10.9 Å². The van der Waals surface area contributed by atoms with Crippen LogP contribution in [0.1, 0.15) is 42.0 Å². The fraction of sp³-hybridized carbons (Fsp3) is 0.348. The van der Waals surface area contributed by atoms with Crippen LogP contribution < -0.4 is 4.74 Å². The number of ketones is 1. The number of thiophene rings is 1. The van der Waals surface area contributed by atoms with Gasteiger partial charge in [0.15, 0.2) is 5.78 Å². The number of rotatable bonds is 4. The second-order valence-corrected chi connectivity index (χ2v) is 8.36. The van der Waals surface area contributed by atoms with Crippen LogP contribution in [0, 0.1) is 5.92 Å². The summed E-state index contributed by atoms with van der Waals surface area (Å²) in [4.78, 5) is 31.7. The Balaban J connectivity index is 1.79. The minimum Gasteiger partial charge on any atom is -0.496 e. The normalized spacial score (nSPS) is 24.0. The highest BCUT2D eigenvalue weighted by atomic mass is 32.1. The summed E-state index contributed by atoms with van der Waals surface area (Å²) in [5.74, 6) is -0.410. The second-order valence-electron chi connectivity index (χ2n) is 7.38. The van der Waals surface area contributed by atoms with Crippen molar-refractivity contribution in [2.75, 3.05) is 14.2 Å². The summed E-state index contributed by atoms with van der Waals surface area (Å²) in [6.07, 6.45) is 1.03. The van der Waals surface area contributed by atoms with Crippen LogP contribution in [0.3, 0.4) is 0 Å². The second kappa shape index (κ2) is 7.95. The van der Waals surface area contributed by atoms with Crippen LogP contribution in [0.25, 0.3) is 0 Å². The molecule has 5 nitrogen and oxygen atoms in total. The molecule has 3 atom stereocenters. The molecule has 1 aromatic heterocycles. The highest BCUT2D eigenvalue weighted by Crippen LogP contribution is 2.48. The van der Waals surface area contributed by atoms with Gasteiger partial charge in [-0.25, -0.2) is 0 Å². The first-order valence-electron chi connectivity index (χ1n) is 9.60. The Morgan fingerprint density at radius 2 is 1.93 bits per heavy atom. The van der Waals surface area contributed by atoms with Crippen molar-refractivity contribution in [2.45, 2.75) is 31.6 Å². The quantitative estimate of drug-likeness (QED) is 0.697. The first-order chi connectivity index (χ1) is 14.0. The van der Waals surface area contributed by atoms with E-state index in [2.05, 4.69) is 0 Å². The predicted molar refractivity (Wildman–Crippen MR) is 113 cm³/mol. The van der Waals surface area contributed by atoms with Crippen LogP contribution in [0.2, 0.25) is 0 Å². The summed E-state index contributed by atoms with van der Waals surface area (Å²) in [5, 5.41) is 1.97. The standard InChI is InChI=1S/C23H23NO4S/c1-13-20(23(26)28-3)22(19-9-6-10-29-19)21-16(24-13)11-14(12-17(21)25)15-7-4-5-8-18(15)27-2/h4-10,14,20,22H,11-12H2,1-3H3/t14-,20?,22-/m0/s1. The molecule has 0 N–H and O–H groups in total. The number of carbonyl (C=O) groups is 2. The van der Waals surface area contributed by atoms with Crippen molar-refractivity contribution in [3.05, 3.63) is 63.5 Å². The maximum atomic E-state index is 13.4. The third kappa shape index (κ3) is 3.42. The maximum absolute atomic E-state index is 13.4. The zero-order valence-electron chi connectivity index (χ0n) is 16.7. The summed E-state index contributed by atoms with van der Waals surface area (Å²) >= 11 is 1.55. The lowest BCUT2D eigenvalue weighted by molar-refractivity contribution is -0.143. The van der Waals surface area contributed by atoms with Gasteiger partial charge in [0.1, 0.15) is 11.7 Å². The molecule has 0 saturated heterocycles. The average molecular weight is 410 g/mol. The highest BCUT2D eigenvalue weighted by Gasteiger charge is 2.45. The number of benzene rings is 1. The number of nitrogens with zero attached hydrogens (tertiary/aromatic N) is 1. The van der Waals surface area contributed by atoms with Gasteiger partial charge >= 0.3 is 5.97 Å². The van der Waals surface area contributed by atoms with Gasteiger partial charge < -0.3 is 9.47 Å². The molecule has 2 heterocycles. The van der Waals surface area contributed by atoms with E-state index in [9.17, 15) is 9.59 Å². The number of hydrogen-bond acceptors (Lipinski definition) is 6. The molecule has 1 aliphatic heterocycles. The Labute approximate surface area is 174 Å². The molecule has 0 spiro atoms. The third-order valence-corrected chi connectivity index (χ3v) is 6.73. The number of hydrogen-bond donors (Lipinski definition) is 0. The van der Waals surface area contributed by atoms with Crippen molar-refractivity contribution >= 4 is 28.8 Å². The molecule has 2 aliphatic rings. The van der Waals surface area contributed by atoms with Gasteiger partial charge in [-0.05, 0) is 36.4 Å². The Hall–Kier alpha value is -2.73. The Bertz CT molecular complexity index is 1010. The smallest absolute Gasteiger partial charge is 0.315 e. The molecule has 1 aromatic carbocycles. The molecule has 0 radical (unpaired) electrons. The van der Waals surface area contributed by atoms with E-state index < -0.39 is 5.92 Å². The number of aliphatic imine (C=N–C) groups is 1. The summed E-state index contributed by atoms with van der Waals surface area (Å²) in [6, 6.07) is 11.7. The molecule has 0 saturated carbocycles. The topological polar surface area (TPSA) is 65.0 Å². The molecule has 1 aliphatic carbocycles. The van der Waals surface area contributed by atoms with Crippen LogP contribution in [0.4, 0.5) is 0 Å². The maximum Gasteiger partial charge on any atom is 0.315 e. The van der Waals surface area contributed by atoms with Crippen molar-refractivity contribution in [3.63, 3.8) is 0 Å². The number of carbonyl (C=O) groups excluding carboxylic acids is 2. The van der Waals surface area contributed by atoms with Gasteiger partial charge in [-0.1, -0.05) is 24.3 Å². The molecule has 0 bridgehead atoms. The zero-order chi connectivity index (χ0) is 20.5. The van der Waals surface area contributed by atoms with Gasteiger partial charge in [-0.15, -0.1) is 11.3 Å². The molecule has 150 valence electrons. The number of esters is 1. The monoisotopic (exact) mass is 409 g/mol. The van der Waals surface area contributed by atoms with Gasteiger partial charge in [0.05, 0.1) is 14.2 Å². The van der Waals surface area contributed by atoms with Crippen LogP contribution >= 0.6 is 11.3 Å². The van der Waals surface area contributed by atoms with E-state index in [0.717, 1.165) is 21.9 Å². The van der Waals surface area contributed by atoms with Gasteiger partial charge in [0.25, 0.3) is 0 Å². The minimum atomic E-state index is -0.566. The van der Waals surface area contributed by atoms with E-state index in [-0.39, 0.29) is 23.6 Å². The molecule has 0 fully saturated rings. The minimum absolute atomic E-state index is 0.00705. The first kappa shape index (κ1) is 19.6. The van der Waals surface area contributed by atoms with E-state index >= 15 is 0 Å². The molecule has 1 unspecified atom stereocenters. The number of para-hydroxylation sites is 1. The molecular weight excluding hydrogens is 386 g/mol. The van der Waals surface area contributed by atoms with Crippen LogP contribution in [0.15, 0.2) is 58.0 Å². The lowest BCUT2D eigenvalue weighted by Gasteiger charge is -2.35. The summed E-state index contributed by atoms with van der Waals surface area (Å²) in [7, 11) is 3.02. The molecule has 4 rings (SSSR count). The lowest BCUT2D eigenvalue weighted by Crippen LogP contribution is -2.37. The fourth-order valence-corrected chi connectivity index (χ4v) is 5.36. The van der Waals surface area contributed by atoms with E-state index in [1.54, 1.807) is 18.4 Å². The summed E-state index contributed by atoms with van der Waals surface area (Å²) < 4.78 is 10.6. The van der Waals surface area contributed by atoms with Crippen molar-refractivity contribution in [3.8, 4) is 5.75 Å². The largest absolute Gasteiger partial charge is 0.496 e. The highest BCUT2D eigenvalue weighted by molar-refractivity contribution is 7.10. The Kier molecular flexibility index (Phi) is 5.37. The van der Waals surface area contributed by atoms with Crippen LogP contribution in [-0.4, -0.2) is 31.7 Å². The zero-order valence-corrected chi connectivity index (χ0v) is 17.5. The number of Topliss-reactive ketones (excluding diaryl/α,β-unsaturated/α-hetero) is 1. The van der Waals surface area contributed by atoms with Crippen LogP contribution in [0.5, 0.6) is 5.75 Å². The van der Waals surface area contributed by atoms with Gasteiger partial charge in [-0.3, -0.25) is 14.6 Å². The van der Waals surface area contributed by atoms with E-state index in [4.69, 9.17) is 14.5 Å². The summed E-state index contributed by atoms with van der Waals surface area (Å²) in [6.45, 7) is 1.85. The fourth-order valence-electron chi connectivity index (χ4n) is 4.49. The van der Waals surface area contributed by atoms with Crippen LogP contribution in [-0.2, 0) is 14.3 Å². The molecule has 2 aromatic rings. The number of allylic oxidation sites excluding steroid dienone is 2. The van der Waals surface area contributed by atoms with E-state index in [1.165, 1.54) is 7.11 Å². The van der Waals surface area contributed by atoms with Gasteiger partial charge in [0, 0.05) is 40.1 Å². The number of ether oxygens (including phenoxy) is 2. The third-order valence-electron chi connectivity index (χ3n) is 5.77. The van der Waals surface area contributed by atoms with Gasteiger partial charge in [-0.2, -0.15) is 0 Å². The molecule has 29 heavy (non-hydrogen) atoms. The molecular formula is C23H23NO4S. The SMILES string of the molecule is COC(=O)C1C(C)=NC2=C(C(=O)C[C@@H](c3ccccc3OC)C2)[C@H]1c1cccs1. The van der Waals surface area contributed by atoms with Crippen molar-refractivity contribution in [1.29, 1.82) is 0 Å². The van der Waals surface area contributed by atoms with Crippen molar-refractivity contribution in [1.82, 2.24) is 0 Å². The number of methoxy groups -OCH3 is 2. The Morgan fingerprint density at radius 1 is 1.14 bits per heavy atom. The first-order valence-corrected chi connectivity index (χ1v) is 10.5. The molecule has 0 amide bonds.